The molecule has 1 aliphatic rings. The minimum atomic E-state index is -0.199. The van der Waals surface area contributed by atoms with Crippen molar-refractivity contribution in [2.75, 3.05) is 13.1 Å². The molecule has 17 heavy (non-hydrogen) atoms. The zero-order chi connectivity index (χ0) is 12.3. The molecule has 0 radical (unpaired) electrons. The summed E-state index contributed by atoms with van der Waals surface area (Å²) in [4.78, 5) is 2.11. The van der Waals surface area contributed by atoms with Gasteiger partial charge in [-0.1, -0.05) is 37.2 Å². The highest BCUT2D eigenvalue weighted by Crippen LogP contribution is 2.37. The molecule has 0 saturated carbocycles. The number of unbranched alkanes of at least 4 members (excludes halogenated alkanes) is 1. The number of hydrogen-bond acceptors (Lipinski definition) is 2. The first-order chi connectivity index (χ1) is 8.20. The third kappa shape index (κ3) is 3.00. The fourth-order valence-corrected chi connectivity index (χ4v) is 3.05. The standard InChI is InChI=1S/C13H17FN2S/c1-2-3-8-16-9-12(17-13(16)15)10-4-6-11(14)7-5-10/h4-7,12,15H,2-3,8-9H2,1H3. The maximum atomic E-state index is 12.8. The fourth-order valence-electron chi connectivity index (χ4n) is 1.92. The van der Waals surface area contributed by atoms with Crippen molar-refractivity contribution in [3.8, 4) is 0 Å². The second-order valence-corrected chi connectivity index (χ2v) is 5.45. The van der Waals surface area contributed by atoms with E-state index >= 15 is 0 Å². The number of rotatable bonds is 4. The van der Waals surface area contributed by atoms with Crippen molar-refractivity contribution in [2.45, 2.75) is 25.0 Å². The average Bonchev–Trinajstić information content (AvgIpc) is 2.69. The van der Waals surface area contributed by atoms with Crippen molar-refractivity contribution in [1.29, 1.82) is 5.41 Å². The fraction of sp³-hybridized carbons (Fsp3) is 0.462. The van der Waals surface area contributed by atoms with Gasteiger partial charge in [0.1, 0.15) is 5.82 Å². The van der Waals surface area contributed by atoms with E-state index in [-0.39, 0.29) is 11.1 Å². The Bertz CT molecular complexity index is 391. The lowest BCUT2D eigenvalue weighted by Crippen LogP contribution is -2.25. The van der Waals surface area contributed by atoms with Gasteiger partial charge in [-0.25, -0.2) is 4.39 Å². The minimum absolute atomic E-state index is 0.199. The van der Waals surface area contributed by atoms with Crippen LogP contribution in [0.15, 0.2) is 24.3 Å². The minimum Gasteiger partial charge on any atom is -0.350 e. The highest BCUT2D eigenvalue weighted by Gasteiger charge is 2.28. The zero-order valence-corrected chi connectivity index (χ0v) is 10.8. The van der Waals surface area contributed by atoms with Crippen LogP contribution in [-0.2, 0) is 0 Å². The second kappa shape index (κ2) is 5.54. The Morgan fingerprint density at radius 2 is 2.12 bits per heavy atom. The SMILES string of the molecule is CCCCN1CC(c2ccc(F)cc2)SC1=N. The van der Waals surface area contributed by atoms with Crippen molar-refractivity contribution in [3.63, 3.8) is 0 Å². The maximum absolute atomic E-state index is 12.8. The Morgan fingerprint density at radius 1 is 1.41 bits per heavy atom. The lowest BCUT2D eigenvalue weighted by Gasteiger charge is -2.16. The second-order valence-electron chi connectivity index (χ2n) is 4.26. The highest BCUT2D eigenvalue weighted by molar-refractivity contribution is 8.14. The van der Waals surface area contributed by atoms with Crippen molar-refractivity contribution < 1.29 is 4.39 Å². The van der Waals surface area contributed by atoms with E-state index in [1.807, 2.05) is 12.1 Å². The van der Waals surface area contributed by atoms with Crippen molar-refractivity contribution in [2.24, 2.45) is 0 Å². The van der Waals surface area contributed by atoms with Crippen molar-refractivity contribution in [1.82, 2.24) is 4.90 Å². The molecule has 2 rings (SSSR count). The summed E-state index contributed by atoms with van der Waals surface area (Å²) in [6.07, 6.45) is 2.27. The van der Waals surface area contributed by atoms with Gasteiger partial charge in [0.2, 0.25) is 0 Å². The van der Waals surface area contributed by atoms with Crippen LogP contribution in [0.4, 0.5) is 4.39 Å². The molecule has 4 heteroatoms. The predicted molar refractivity (Wildman–Crippen MR) is 70.9 cm³/mol. The van der Waals surface area contributed by atoms with Crippen LogP contribution in [0.25, 0.3) is 0 Å². The van der Waals surface area contributed by atoms with Gasteiger partial charge >= 0.3 is 0 Å². The van der Waals surface area contributed by atoms with Crippen LogP contribution < -0.4 is 0 Å². The number of amidine groups is 1. The van der Waals surface area contributed by atoms with E-state index in [2.05, 4.69) is 11.8 Å². The summed E-state index contributed by atoms with van der Waals surface area (Å²) in [6, 6.07) is 6.63. The average molecular weight is 252 g/mol. The van der Waals surface area contributed by atoms with E-state index in [0.29, 0.717) is 5.17 Å². The zero-order valence-electron chi connectivity index (χ0n) is 9.95. The first kappa shape index (κ1) is 12.4. The highest BCUT2D eigenvalue weighted by atomic mass is 32.2. The van der Waals surface area contributed by atoms with E-state index in [1.54, 1.807) is 11.8 Å². The van der Waals surface area contributed by atoms with Crippen LogP contribution in [0.3, 0.4) is 0 Å². The molecule has 0 bridgehead atoms. The Hall–Kier alpha value is -1.03. The molecule has 1 fully saturated rings. The molecule has 1 aliphatic heterocycles. The number of thioether (sulfide) groups is 1. The Morgan fingerprint density at radius 3 is 2.76 bits per heavy atom. The summed E-state index contributed by atoms with van der Waals surface area (Å²) < 4.78 is 12.8. The summed E-state index contributed by atoms with van der Waals surface area (Å²) in [5.41, 5.74) is 1.11. The van der Waals surface area contributed by atoms with E-state index < -0.39 is 0 Å². The molecular weight excluding hydrogens is 235 g/mol. The van der Waals surface area contributed by atoms with Crippen LogP contribution in [0, 0.1) is 11.2 Å². The largest absolute Gasteiger partial charge is 0.350 e. The third-order valence-corrected chi connectivity index (χ3v) is 4.14. The van der Waals surface area contributed by atoms with Gasteiger partial charge in [-0.15, -0.1) is 0 Å². The van der Waals surface area contributed by atoms with E-state index in [1.165, 1.54) is 12.1 Å². The molecular formula is C13H17FN2S. The van der Waals surface area contributed by atoms with Gasteiger partial charge in [-0.3, -0.25) is 5.41 Å². The van der Waals surface area contributed by atoms with Crippen LogP contribution in [-0.4, -0.2) is 23.2 Å². The molecule has 1 aromatic rings. The van der Waals surface area contributed by atoms with Gasteiger partial charge in [0, 0.05) is 13.1 Å². The van der Waals surface area contributed by atoms with E-state index in [0.717, 1.165) is 31.5 Å². The predicted octanol–water partition coefficient (Wildman–Crippen LogP) is 3.65. The number of hydrogen-bond donors (Lipinski definition) is 1. The molecule has 92 valence electrons. The molecule has 1 aromatic carbocycles. The third-order valence-electron chi connectivity index (χ3n) is 2.95. The summed E-state index contributed by atoms with van der Waals surface area (Å²) in [5.74, 6) is -0.199. The molecule has 1 heterocycles. The summed E-state index contributed by atoms with van der Waals surface area (Å²) in [5, 5.41) is 8.84. The van der Waals surface area contributed by atoms with Gasteiger partial charge in [0.15, 0.2) is 5.17 Å². The quantitative estimate of drug-likeness (QED) is 0.885. The summed E-state index contributed by atoms with van der Waals surface area (Å²) in [7, 11) is 0. The lowest BCUT2D eigenvalue weighted by atomic mass is 10.1. The molecule has 1 unspecified atom stereocenters. The maximum Gasteiger partial charge on any atom is 0.157 e. The van der Waals surface area contributed by atoms with Crippen molar-refractivity contribution in [3.05, 3.63) is 35.6 Å². The molecule has 0 spiro atoms. The first-order valence-corrected chi connectivity index (χ1v) is 6.84. The first-order valence-electron chi connectivity index (χ1n) is 5.96. The van der Waals surface area contributed by atoms with Crippen molar-refractivity contribution >= 4 is 16.9 Å². The van der Waals surface area contributed by atoms with Crippen LogP contribution in [0.1, 0.15) is 30.6 Å². The van der Waals surface area contributed by atoms with Crippen LogP contribution in [0.5, 0.6) is 0 Å². The number of nitrogens with zero attached hydrogens (tertiary/aromatic N) is 1. The molecule has 0 aromatic heterocycles. The van der Waals surface area contributed by atoms with Gasteiger partial charge in [0.25, 0.3) is 0 Å². The van der Waals surface area contributed by atoms with Gasteiger partial charge < -0.3 is 4.90 Å². The van der Waals surface area contributed by atoms with Gasteiger partial charge in [-0.05, 0) is 24.1 Å². The monoisotopic (exact) mass is 252 g/mol. The normalized spacial score (nSPS) is 20.0. The molecule has 1 atom stereocenters. The molecule has 1 N–H and O–H groups in total. The molecule has 0 aliphatic carbocycles. The van der Waals surface area contributed by atoms with E-state index in [4.69, 9.17) is 5.41 Å². The molecule has 0 amide bonds. The Kier molecular flexibility index (Phi) is 4.05. The van der Waals surface area contributed by atoms with Gasteiger partial charge in [-0.2, -0.15) is 0 Å². The topological polar surface area (TPSA) is 27.1 Å². The Labute approximate surface area is 106 Å². The van der Waals surface area contributed by atoms with Crippen LogP contribution in [0.2, 0.25) is 0 Å². The summed E-state index contributed by atoms with van der Waals surface area (Å²) in [6.45, 7) is 3.99. The lowest BCUT2D eigenvalue weighted by molar-refractivity contribution is 0.425. The summed E-state index contributed by atoms with van der Waals surface area (Å²) >= 11 is 1.57. The smallest absolute Gasteiger partial charge is 0.157 e. The number of nitrogens with one attached hydrogen (secondary N) is 1. The number of halogens is 1. The Balaban J connectivity index is 2.00. The van der Waals surface area contributed by atoms with E-state index in [9.17, 15) is 4.39 Å². The van der Waals surface area contributed by atoms with Gasteiger partial charge in [0.05, 0.1) is 5.25 Å². The number of benzene rings is 1. The molecule has 1 saturated heterocycles. The van der Waals surface area contributed by atoms with Crippen LogP contribution >= 0.6 is 11.8 Å². The molecule has 2 nitrogen and oxygen atoms in total.